The molecule has 1 aliphatic rings. The summed E-state index contributed by atoms with van der Waals surface area (Å²) in [5.74, 6) is -0.998. The van der Waals surface area contributed by atoms with Gasteiger partial charge in [0, 0.05) is 22.9 Å². The van der Waals surface area contributed by atoms with E-state index in [9.17, 15) is 9.59 Å². The van der Waals surface area contributed by atoms with Gasteiger partial charge in [0.1, 0.15) is 0 Å². The molecule has 0 spiro atoms. The molecule has 0 amide bonds. The molecule has 0 aromatic rings. The summed E-state index contributed by atoms with van der Waals surface area (Å²) in [5, 5.41) is -0.628. The van der Waals surface area contributed by atoms with Crippen LogP contribution in [0.2, 0.25) is 0 Å². The summed E-state index contributed by atoms with van der Waals surface area (Å²) in [6, 6.07) is 0. The largest absolute Gasteiger partial charge is 0.463 e. The van der Waals surface area contributed by atoms with Crippen LogP contribution in [-0.2, 0) is 23.8 Å². The average Bonchev–Trinajstić information content (AvgIpc) is 2.37. The van der Waals surface area contributed by atoms with Crippen LogP contribution in [0.15, 0.2) is 11.6 Å². The van der Waals surface area contributed by atoms with Crippen molar-refractivity contribution >= 4 is 22.2 Å². The zero-order chi connectivity index (χ0) is 14.3. The summed E-state index contributed by atoms with van der Waals surface area (Å²) in [4.78, 5) is 23.6. The van der Waals surface area contributed by atoms with Crippen molar-refractivity contribution in [1.82, 2.24) is 0 Å². The Labute approximate surface area is 116 Å². The van der Waals surface area contributed by atoms with Crippen LogP contribution in [0.3, 0.4) is 0 Å². The van der Waals surface area contributed by atoms with E-state index >= 15 is 0 Å². The van der Waals surface area contributed by atoms with Gasteiger partial charge in [0.05, 0.1) is 24.0 Å². The number of carbonyl (C=O) groups excluding carboxylic acids is 2. The molecule has 1 atom stereocenters. The smallest absolute Gasteiger partial charge is 0.336 e. The zero-order valence-corrected chi connectivity index (χ0v) is 13.9. The van der Waals surface area contributed by atoms with Crippen LogP contribution in [0.1, 0.15) is 33.1 Å². The van der Waals surface area contributed by atoms with Gasteiger partial charge in [0.15, 0.2) is 0 Å². The van der Waals surface area contributed by atoms with E-state index in [0.29, 0.717) is 22.4 Å². The molecule has 108 valence electrons. The lowest BCUT2D eigenvalue weighted by Crippen LogP contribution is -2.42. The third-order valence-corrected chi connectivity index (χ3v) is 4.41. The molecule has 5 nitrogen and oxygen atoms in total. The lowest BCUT2D eigenvalue weighted by Gasteiger charge is -2.35. The SMILES string of the molecule is CCOC(=O)/C=C(\C(=O)OCC)C1([SiH3])CCCCO1. The second-order valence-corrected chi connectivity index (χ2v) is 6.18. The molecule has 0 radical (unpaired) electrons. The van der Waals surface area contributed by atoms with Gasteiger partial charge in [-0.3, -0.25) is 0 Å². The van der Waals surface area contributed by atoms with Crippen molar-refractivity contribution in [2.75, 3.05) is 19.8 Å². The minimum atomic E-state index is -0.628. The average molecular weight is 286 g/mol. The lowest BCUT2D eigenvalue weighted by atomic mass is 10.00. The molecule has 0 N–H and O–H groups in total. The van der Waals surface area contributed by atoms with Crippen molar-refractivity contribution in [2.24, 2.45) is 0 Å². The quantitative estimate of drug-likeness (QED) is 0.413. The Bertz CT molecular complexity index is 358. The summed E-state index contributed by atoms with van der Waals surface area (Å²) in [7, 11) is 0.629. The van der Waals surface area contributed by atoms with Crippen LogP contribution in [0.4, 0.5) is 0 Å². The summed E-state index contributed by atoms with van der Waals surface area (Å²) in [5.41, 5.74) is 0.305. The predicted octanol–water partition coefficient (Wildman–Crippen LogP) is 0.301. The molecule has 6 heteroatoms. The highest BCUT2D eigenvalue weighted by molar-refractivity contribution is 6.21. The second-order valence-electron chi connectivity index (χ2n) is 4.57. The number of esters is 2. The maximum absolute atomic E-state index is 12.0. The number of rotatable bonds is 5. The minimum Gasteiger partial charge on any atom is -0.463 e. The summed E-state index contributed by atoms with van der Waals surface area (Å²) in [6.07, 6.45) is 3.96. The first-order chi connectivity index (χ1) is 9.03. The summed E-state index contributed by atoms with van der Waals surface area (Å²) >= 11 is 0. The van der Waals surface area contributed by atoms with Crippen molar-refractivity contribution in [2.45, 2.75) is 38.3 Å². The molecular weight excluding hydrogens is 264 g/mol. The van der Waals surface area contributed by atoms with Crippen LogP contribution in [0.5, 0.6) is 0 Å². The molecule has 1 heterocycles. The van der Waals surface area contributed by atoms with Crippen molar-refractivity contribution < 1.29 is 23.8 Å². The van der Waals surface area contributed by atoms with Crippen LogP contribution < -0.4 is 0 Å². The standard InChI is InChI=1S/C13H22O5Si/c1-3-16-11(14)9-10(12(15)17-4-2)13(19)7-5-6-8-18-13/h9H,3-8H2,1-2,19H3/b10-9+. The maximum atomic E-state index is 12.0. The summed E-state index contributed by atoms with van der Waals surface area (Å²) < 4.78 is 15.7. The van der Waals surface area contributed by atoms with E-state index in [1.807, 2.05) is 0 Å². The highest BCUT2D eigenvalue weighted by atomic mass is 28.1. The van der Waals surface area contributed by atoms with E-state index in [1.54, 1.807) is 13.8 Å². The van der Waals surface area contributed by atoms with E-state index in [0.717, 1.165) is 19.3 Å². The lowest BCUT2D eigenvalue weighted by molar-refractivity contribution is -0.143. The monoisotopic (exact) mass is 286 g/mol. The van der Waals surface area contributed by atoms with Crippen LogP contribution in [0.25, 0.3) is 0 Å². The minimum absolute atomic E-state index is 0.274. The first kappa shape index (κ1) is 15.9. The Hall–Kier alpha value is -1.14. The molecule has 0 aromatic carbocycles. The number of carbonyl (C=O) groups is 2. The van der Waals surface area contributed by atoms with Gasteiger partial charge in [-0.1, -0.05) is 0 Å². The third kappa shape index (κ3) is 4.47. The van der Waals surface area contributed by atoms with Gasteiger partial charge in [0.25, 0.3) is 0 Å². The molecule has 1 fully saturated rings. The Morgan fingerprint density at radius 2 is 1.95 bits per heavy atom. The van der Waals surface area contributed by atoms with E-state index in [1.165, 1.54) is 6.08 Å². The molecule has 0 saturated carbocycles. The van der Waals surface area contributed by atoms with Gasteiger partial charge in [-0.05, 0) is 33.1 Å². The Morgan fingerprint density at radius 3 is 2.47 bits per heavy atom. The number of ether oxygens (including phenoxy) is 3. The molecule has 1 saturated heterocycles. The first-order valence-corrected chi connectivity index (χ1v) is 7.73. The maximum Gasteiger partial charge on any atom is 0.336 e. The van der Waals surface area contributed by atoms with Gasteiger partial charge in [-0.25, -0.2) is 9.59 Å². The molecule has 1 rings (SSSR count). The zero-order valence-electron chi connectivity index (χ0n) is 11.9. The molecule has 0 aromatic heterocycles. The van der Waals surface area contributed by atoms with E-state index in [4.69, 9.17) is 14.2 Å². The number of hydrogen-bond donors (Lipinski definition) is 0. The number of hydrogen-bond acceptors (Lipinski definition) is 5. The summed E-state index contributed by atoms with van der Waals surface area (Å²) in [6.45, 7) is 4.63. The molecular formula is C13H22O5Si. The van der Waals surface area contributed by atoms with E-state index in [2.05, 4.69) is 0 Å². The second kappa shape index (κ2) is 7.45. The predicted molar refractivity (Wildman–Crippen MR) is 73.8 cm³/mol. The fourth-order valence-corrected chi connectivity index (χ4v) is 2.99. The highest BCUT2D eigenvalue weighted by Crippen LogP contribution is 2.30. The van der Waals surface area contributed by atoms with Crippen molar-refractivity contribution in [3.8, 4) is 0 Å². The topological polar surface area (TPSA) is 61.8 Å². The molecule has 19 heavy (non-hydrogen) atoms. The van der Waals surface area contributed by atoms with Crippen molar-refractivity contribution in [1.29, 1.82) is 0 Å². The van der Waals surface area contributed by atoms with Gasteiger partial charge in [-0.2, -0.15) is 0 Å². The fraction of sp³-hybridized carbons (Fsp3) is 0.692. The Morgan fingerprint density at radius 1 is 1.26 bits per heavy atom. The van der Waals surface area contributed by atoms with Crippen LogP contribution in [-0.4, -0.2) is 47.2 Å². The Kier molecular flexibility index (Phi) is 6.24. The van der Waals surface area contributed by atoms with Crippen molar-refractivity contribution in [3.05, 3.63) is 11.6 Å². The van der Waals surface area contributed by atoms with Gasteiger partial charge in [0.2, 0.25) is 0 Å². The van der Waals surface area contributed by atoms with Crippen LogP contribution in [0, 0.1) is 0 Å². The molecule has 1 aliphatic heterocycles. The van der Waals surface area contributed by atoms with Gasteiger partial charge >= 0.3 is 11.9 Å². The van der Waals surface area contributed by atoms with Crippen molar-refractivity contribution in [3.63, 3.8) is 0 Å². The third-order valence-electron chi connectivity index (χ3n) is 3.08. The molecule has 0 bridgehead atoms. The molecule has 0 aliphatic carbocycles. The normalized spacial score (nSPS) is 24.0. The fourth-order valence-electron chi connectivity index (χ4n) is 2.08. The Balaban J connectivity index is 2.97. The van der Waals surface area contributed by atoms with Gasteiger partial charge in [-0.15, -0.1) is 0 Å². The highest BCUT2D eigenvalue weighted by Gasteiger charge is 2.37. The van der Waals surface area contributed by atoms with E-state index in [-0.39, 0.29) is 13.2 Å². The van der Waals surface area contributed by atoms with Crippen LogP contribution >= 0.6 is 0 Å². The molecule has 1 unspecified atom stereocenters. The van der Waals surface area contributed by atoms with Gasteiger partial charge < -0.3 is 14.2 Å². The van der Waals surface area contributed by atoms with E-state index < -0.39 is 17.2 Å². The first-order valence-electron chi connectivity index (χ1n) is 6.73.